The van der Waals surface area contributed by atoms with Crippen molar-refractivity contribution < 1.29 is 5.11 Å². The molecule has 0 bridgehead atoms. The summed E-state index contributed by atoms with van der Waals surface area (Å²) in [5, 5.41) is 10.3. The Bertz CT molecular complexity index is 231. The molecule has 0 spiro atoms. The Morgan fingerprint density at radius 3 is 1.83 bits per heavy atom. The van der Waals surface area contributed by atoms with Crippen LogP contribution in [0.25, 0.3) is 0 Å². The number of hydrogen-bond acceptors (Lipinski definition) is 5. The summed E-state index contributed by atoms with van der Waals surface area (Å²) < 4.78 is 0. The van der Waals surface area contributed by atoms with E-state index in [9.17, 15) is 5.11 Å². The third kappa shape index (κ3) is 4.30. The fraction of sp³-hybridized carbons (Fsp3) is 1.00. The smallest absolute Gasteiger partial charge is 0.0794 e. The van der Waals surface area contributed by atoms with Gasteiger partial charge in [-0.15, -0.1) is 0 Å². The van der Waals surface area contributed by atoms with Gasteiger partial charge in [-0.25, -0.2) is 0 Å². The highest BCUT2D eigenvalue weighted by atomic mass is 32.2. The third-order valence-corrected chi connectivity index (χ3v) is 6.28. The van der Waals surface area contributed by atoms with Crippen molar-refractivity contribution >= 4 is 23.5 Å². The zero-order chi connectivity index (χ0) is 13.0. The summed E-state index contributed by atoms with van der Waals surface area (Å²) in [6.07, 6.45) is -0.193. The van der Waals surface area contributed by atoms with Crippen molar-refractivity contribution in [1.82, 2.24) is 9.80 Å². The van der Waals surface area contributed by atoms with Gasteiger partial charge in [-0.1, -0.05) is 0 Å². The van der Waals surface area contributed by atoms with E-state index in [1.807, 2.05) is 23.5 Å². The van der Waals surface area contributed by atoms with Gasteiger partial charge >= 0.3 is 0 Å². The second-order valence-electron chi connectivity index (χ2n) is 5.49. The molecular weight excluding hydrogens is 264 g/mol. The summed E-state index contributed by atoms with van der Waals surface area (Å²) in [5.74, 6) is 4.86. The van der Waals surface area contributed by atoms with E-state index in [-0.39, 0.29) is 6.10 Å². The predicted octanol–water partition coefficient (Wildman–Crippen LogP) is 1.22. The van der Waals surface area contributed by atoms with Gasteiger partial charge in [0.15, 0.2) is 0 Å². The molecule has 5 heteroatoms. The quantitative estimate of drug-likeness (QED) is 0.840. The summed E-state index contributed by atoms with van der Waals surface area (Å²) in [6, 6.07) is 1.24. The van der Waals surface area contributed by atoms with Gasteiger partial charge < -0.3 is 5.11 Å². The predicted molar refractivity (Wildman–Crippen MR) is 82.7 cm³/mol. The number of aliphatic hydroxyl groups excluding tert-OH is 1. The molecule has 0 saturated carbocycles. The third-order valence-electron chi connectivity index (χ3n) is 3.90. The number of β-amino-alcohol motifs (C(OH)–C–C–N with tert-alkyl or cyclic N) is 1. The van der Waals surface area contributed by atoms with E-state index in [0.717, 1.165) is 26.2 Å². The van der Waals surface area contributed by atoms with Crippen LogP contribution in [0.3, 0.4) is 0 Å². The van der Waals surface area contributed by atoms with Crippen LogP contribution in [-0.4, -0.2) is 82.3 Å². The summed E-state index contributed by atoms with van der Waals surface area (Å²) in [6.45, 7) is 8.51. The topological polar surface area (TPSA) is 26.7 Å². The second-order valence-corrected chi connectivity index (χ2v) is 7.79. The maximum absolute atomic E-state index is 10.3. The van der Waals surface area contributed by atoms with Gasteiger partial charge in [0.2, 0.25) is 0 Å². The van der Waals surface area contributed by atoms with Gasteiger partial charge in [0.1, 0.15) is 0 Å². The van der Waals surface area contributed by atoms with E-state index in [4.69, 9.17) is 0 Å². The average molecular weight is 290 g/mol. The summed E-state index contributed by atoms with van der Waals surface area (Å²) in [5.41, 5.74) is 0. The first-order valence-corrected chi connectivity index (χ1v) is 9.29. The number of rotatable bonds is 4. The zero-order valence-corrected chi connectivity index (χ0v) is 13.2. The van der Waals surface area contributed by atoms with Crippen LogP contribution in [0, 0.1) is 0 Å². The van der Waals surface area contributed by atoms with Gasteiger partial charge in [0.05, 0.1) is 6.10 Å². The van der Waals surface area contributed by atoms with Crippen molar-refractivity contribution in [3.63, 3.8) is 0 Å². The lowest BCUT2D eigenvalue weighted by molar-refractivity contribution is 0.0570. The minimum absolute atomic E-state index is 0.193. The van der Waals surface area contributed by atoms with Crippen molar-refractivity contribution in [2.75, 3.05) is 49.2 Å². The molecular formula is C13H26N2OS2. The molecule has 0 amide bonds. The molecule has 0 aromatic heterocycles. The van der Waals surface area contributed by atoms with E-state index in [1.54, 1.807) is 0 Å². The van der Waals surface area contributed by atoms with Crippen LogP contribution in [0.5, 0.6) is 0 Å². The minimum atomic E-state index is -0.193. The molecule has 1 N–H and O–H groups in total. The van der Waals surface area contributed by atoms with Gasteiger partial charge in [-0.2, -0.15) is 23.5 Å². The van der Waals surface area contributed by atoms with Crippen molar-refractivity contribution in [3.8, 4) is 0 Å². The summed E-state index contributed by atoms with van der Waals surface area (Å²) in [4.78, 5) is 4.90. The van der Waals surface area contributed by atoms with Crippen LogP contribution in [0.1, 0.15) is 13.8 Å². The first-order valence-electron chi connectivity index (χ1n) is 6.98. The molecule has 2 rings (SSSR count). The van der Waals surface area contributed by atoms with E-state index < -0.39 is 0 Å². The molecule has 1 unspecified atom stereocenters. The lowest BCUT2D eigenvalue weighted by atomic mass is 10.2. The Kier molecular flexibility index (Phi) is 6.15. The minimum Gasteiger partial charge on any atom is -0.390 e. The molecule has 0 aromatic carbocycles. The van der Waals surface area contributed by atoms with Gasteiger partial charge in [-0.3, -0.25) is 9.80 Å². The zero-order valence-electron chi connectivity index (χ0n) is 11.5. The van der Waals surface area contributed by atoms with Crippen molar-refractivity contribution in [2.45, 2.75) is 32.0 Å². The van der Waals surface area contributed by atoms with E-state index in [0.29, 0.717) is 12.1 Å². The van der Waals surface area contributed by atoms with Crippen molar-refractivity contribution in [1.29, 1.82) is 0 Å². The maximum Gasteiger partial charge on any atom is 0.0794 e. The Balaban J connectivity index is 1.75. The van der Waals surface area contributed by atoms with Crippen LogP contribution in [-0.2, 0) is 0 Å². The lowest BCUT2D eigenvalue weighted by Crippen LogP contribution is -2.50. The highest BCUT2D eigenvalue weighted by molar-refractivity contribution is 7.99. The fourth-order valence-corrected chi connectivity index (χ4v) is 4.83. The van der Waals surface area contributed by atoms with Gasteiger partial charge in [-0.05, 0) is 13.8 Å². The Labute approximate surface area is 120 Å². The first-order chi connectivity index (χ1) is 8.66. The number of nitrogens with zero attached hydrogens (tertiary/aromatic N) is 2. The SMILES string of the molecule is C[C@@H]1CSCCN1CC(O)CN1CCSC[C@@H]1C. The highest BCUT2D eigenvalue weighted by Gasteiger charge is 2.25. The van der Waals surface area contributed by atoms with Gasteiger partial charge in [0, 0.05) is 61.3 Å². The number of thioether (sulfide) groups is 2. The van der Waals surface area contributed by atoms with Crippen LogP contribution < -0.4 is 0 Å². The molecule has 3 atom stereocenters. The molecule has 3 nitrogen and oxygen atoms in total. The van der Waals surface area contributed by atoms with E-state index in [1.165, 1.54) is 23.0 Å². The maximum atomic E-state index is 10.3. The lowest BCUT2D eigenvalue weighted by Gasteiger charge is -2.38. The van der Waals surface area contributed by atoms with Crippen LogP contribution in [0.4, 0.5) is 0 Å². The normalized spacial score (nSPS) is 33.5. The molecule has 2 fully saturated rings. The number of aliphatic hydroxyl groups is 1. The molecule has 2 heterocycles. The molecule has 2 aliphatic rings. The van der Waals surface area contributed by atoms with Crippen molar-refractivity contribution in [2.24, 2.45) is 0 Å². The van der Waals surface area contributed by atoms with E-state index in [2.05, 4.69) is 23.6 Å². The summed E-state index contributed by atoms with van der Waals surface area (Å²) >= 11 is 4.07. The van der Waals surface area contributed by atoms with Crippen LogP contribution >= 0.6 is 23.5 Å². The molecule has 106 valence electrons. The first kappa shape index (κ1) is 15.0. The summed E-state index contributed by atoms with van der Waals surface area (Å²) in [7, 11) is 0. The Morgan fingerprint density at radius 1 is 1.00 bits per heavy atom. The van der Waals surface area contributed by atoms with Crippen molar-refractivity contribution in [3.05, 3.63) is 0 Å². The van der Waals surface area contributed by atoms with E-state index >= 15 is 0 Å². The Morgan fingerprint density at radius 2 is 1.44 bits per heavy atom. The van der Waals surface area contributed by atoms with Crippen LogP contribution in [0.15, 0.2) is 0 Å². The second kappa shape index (κ2) is 7.39. The Hall–Kier alpha value is 0.580. The molecule has 2 saturated heterocycles. The average Bonchev–Trinajstić information content (AvgIpc) is 2.35. The molecule has 2 aliphatic heterocycles. The van der Waals surface area contributed by atoms with Crippen LogP contribution in [0.2, 0.25) is 0 Å². The van der Waals surface area contributed by atoms with Gasteiger partial charge in [0.25, 0.3) is 0 Å². The number of hydrogen-bond donors (Lipinski definition) is 1. The highest BCUT2D eigenvalue weighted by Crippen LogP contribution is 2.18. The molecule has 0 aromatic rings. The monoisotopic (exact) mass is 290 g/mol. The fourth-order valence-electron chi connectivity index (χ4n) is 2.66. The standard InChI is InChI=1S/C13H26N2OS2/c1-11-9-17-5-3-14(11)7-13(16)8-15-4-6-18-10-12(15)2/h11-13,16H,3-10H2,1-2H3/t11-,12+,13?. The molecule has 18 heavy (non-hydrogen) atoms. The largest absolute Gasteiger partial charge is 0.390 e. The molecule has 0 radical (unpaired) electrons. The molecule has 0 aliphatic carbocycles.